The van der Waals surface area contributed by atoms with E-state index < -0.39 is 29.2 Å². The van der Waals surface area contributed by atoms with E-state index in [9.17, 15) is 22.8 Å². The molecule has 0 aliphatic carbocycles. The van der Waals surface area contributed by atoms with Crippen LogP contribution in [0.2, 0.25) is 0 Å². The SMILES string of the molecule is C=CC[C@](OC(=O)C(F)(F)F)(Sc1ccc(C)cc1)[C@H](CC(C)C)NC(=O)OCc1ccccc1. The molecule has 190 valence electrons. The van der Waals surface area contributed by atoms with Gasteiger partial charge in [-0.05, 0) is 37.0 Å². The summed E-state index contributed by atoms with van der Waals surface area (Å²) in [7, 11) is 0. The fraction of sp³-hybridized carbons (Fsp3) is 0.385. The Kier molecular flexibility index (Phi) is 10.2. The molecule has 0 fully saturated rings. The molecule has 0 saturated carbocycles. The second-order valence-corrected chi connectivity index (χ2v) is 9.86. The number of thioether (sulfide) groups is 1. The van der Waals surface area contributed by atoms with Crippen LogP contribution in [0.1, 0.15) is 37.8 Å². The number of hydrogen-bond acceptors (Lipinski definition) is 5. The average molecular weight is 510 g/mol. The molecule has 2 aromatic rings. The first kappa shape index (κ1) is 28.3. The highest BCUT2D eigenvalue weighted by molar-refractivity contribution is 8.00. The summed E-state index contributed by atoms with van der Waals surface area (Å²) < 4.78 is 50.3. The number of rotatable bonds is 11. The van der Waals surface area contributed by atoms with Gasteiger partial charge in [-0.25, -0.2) is 9.59 Å². The van der Waals surface area contributed by atoms with E-state index in [0.717, 1.165) is 22.9 Å². The molecule has 35 heavy (non-hydrogen) atoms. The van der Waals surface area contributed by atoms with Crippen molar-refractivity contribution in [3.05, 3.63) is 78.4 Å². The van der Waals surface area contributed by atoms with Crippen LogP contribution in [0.3, 0.4) is 0 Å². The van der Waals surface area contributed by atoms with Gasteiger partial charge < -0.3 is 14.8 Å². The third-order valence-corrected chi connectivity index (χ3v) is 6.37. The Morgan fingerprint density at radius 3 is 2.26 bits per heavy atom. The lowest BCUT2D eigenvalue weighted by molar-refractivity contribution is -0.208. The maximum absolute atomic E-state index is 13.3. The minimum atomic E-state index is -5.21. The minimum Gasteiger partial charge on any atom is -0.445 e. The molecule has 0 spiro atoms. The van der Waals surface area contributed by atoms with E-state index in [2.05, 4.69) is 11.9 Å². The Morgan fingerprint density at radius 2 is 1.71 bits per heavy atom. The molecule has 0 saturated heterocycles. The first-order valence-electron chi connectivity index (χ1n) is 11.1. The van der Waals surface area contributed by atoms with E-state index in [-0.39, 0.29) is 25.4 Å². The van der Waals surface area contributed by atoms with E-state index >= 15 is 0 Å². The fourth-order valence-corrected chi connectivity index (χ4v) is 4.62. The van der Waals surface area contributed by atoms with Gasteiger partial charge in [0.25, 0.3) is 0 Å². The predicted molar refractivity (Wildman–Crippen MR) is 130 cm³/mol. The largest absolute Gasteiger partial charge is 0.490 e. The highest BCUT2D eigenvalue weighted by Gasteiger charge is 2.50. The number of hydrogen-bond donors (Lipinski definition) is 1. The van der Waals surface area contributed by atoms with Gasteiger partial charge in [0.15, 0.2) is 4.93 Å². The van der Waals surface area contributed by atoms with Gasteiger partial charge in [-0.3, -0.25) is 0 Å². The topological polar surface area (TPSA) is 64.6 Å². The molecule has 1 N–H and O–H groups in total. The molecule has 0 heterocycles. The Hall–Kier alpha value is -2.94. The van der Waals surface area contributed by atoms with Crippen molar-refractivity contribution in [1.82, 2.24) is 5.32 Å². The second-order valence-electron chi connectivity index (χ2n) is 8.50. The van der Waals surface area contributed by atoms with Crippen LogP contribution in [0.15, 0.2) is 72.1 Å². The molecule has 0 bridgehead atoms. The van der Waals surface area contributed by atoms with Crippen LogP contribution in [-0.4, -0.2) is 29.2 Å². The third-order valence-electron chi connectivity index (χ3n) is 4.98. The summed E-state index contributed by atoms with van der Waals surface area (Å²) in [5.74, 6) is -2.39. The van der Waals surface area contributed by atoms with Crippen molar-refractivity contribution in [2.75, 3.05) is 0 Å². The molecule has 0 aliphatic rings. The Morgan fingerprint density at radius 1 is 1.09 bits per heavy atom. The summed E-state index contributed by atoms with van der Waals surface area (Å²) in [5.41, 5.74) is 1.70. The standard InChI is InChI=1S/C26H30F3NO4S/c1-5-15-25(34-23(31)26(27,28)29,35-21-13-11-19(4)12-14-21)22(16-18(2)3)30-24(32)33-17-20-9-7-6-8-10-20/h5-14,18,22H,1,15-17H2,2-4H3,(H,30,32)/t22-,25-/m0/s1. The van der Waals surface area contributed by atoms with Crippen LogP contribution in [0, 0.1) is 12.8 Å². The van der Waals surface area contributed by atoms with Gasteiger partial charge in [0.2, 0.25) is 0 Å². The summed E-state index contributed by atoms with van der Waals surface area (Å²) >= 11 is 0.936. The van der Waals surface area contributed by atoms with Crippen molar-refractivity contribution >= 4 is 23.8 Å². The van der Waals surface area contributed by atoms with E-state index in [1.165, 1.54) is 6.08 Å². The summed E-state index contributed by atoms with van der Waals surface area (Å²) in [6, 6.07) is 15.0. The lowest BCUT2D eigenvalue weighted by Gasteiger charge is -2.40. The van der Waals surface area contributed by atoms with E-state index in [1.807, 2.05) is 26.8 Å². The zero-order chi connectivity index (χ0) is 26.1. The van der Waals surface area contributed by atoms with Gasteiger partial charge in [0.05, 0.1) is 6.04 Å². The summed E-state index contributed by atoms with van der Waals surface area (Å²) in [6.45, 7) is 9.21. The quantitative estimate of drug-likeness (QED) is 0.156. The number of carbonyl (C=O) groups excluding carboxylic acids is 2. The van der Waals surface area contributed by atoms with Gasteiger partial charge in [0, 0.05) is 11.3 Å². The Balaban J connectivity index is 2.41. The number of esters is 1. The smallest absolute Gasteiger partial charge is 0.445 e. The molecule has 0 radical (unpaired) electrons. The maximum Gasteiger partial charge on any atom is 0.490 e. The first-order chi connectivity index (χ1) is 16.4. The maximum atomic E-state index is 13.3. The van der Waals surface area contributed by atoms with Gasteiger partial charge in [-0.15, -0.1) is 6.58 Å². The van der Waals surface area contributed by atoms with Crippen LogP contribution in [0.25, 0.3) is 0 Å². The molecular weight excluding hydrogens is 479 g/mol. The van der Waals surface area contributed by atoms with Crippen LogP contribution < -0.4 is 5.32 Å². The summed E-state index contributed by atoms with van der Waals surface area (Å²) in [5, 5.41) is 2.66. The van der Waals surface area contributed by atoms with Crippen LogP contribution in [0.4, 0.5) is 18.0 Å². The number of benzene rings is 2. The highest BCUT2D eigenvalue weighted by Crippen LogP contribution is 2.43. The minimum absolute atomic E-state index is 0.0248. The van der Waals surface area contributed by atoms with Gasteiger partial charge in [-0.2, -0.15) is 13.2 Å². The number of ether oxygens (including phenoxy) is 2. The average Bonchev–Trinajstić information content (AvgIpc) is 2.78. The Bertz CT molecular complexity index is 980. The van der Waals surface area contributed by atoms with Gasteiger partial charge in [0.1, 0.15) is 6.61 Å². The molecule has 0 unspecified atom stereocenters. The molecule has 9 heteroatoms. The summed E-state index contributed by atoms with van der Waals surface area (Å²) in [6.07, 6.45) is -4.60. The van der Waals surface area contributed by atoms with Gasteiger partial charge >= 0.3 is 18.2 Å². The highest BCUT2D eigenvalue weighted by atomic mass is 32.2. The normalized spacial score (nSPS) is 14.0. The van der Waals surface area contributed by atoms with Crippen molar-refractivity contribution < 1.29 is 32.2 Å². The molecule has 1 amide bonds. The number of alkyl halides is 3. The lowest BCUT2D eigenvalue weighted by atomic mass is 9.96. The number of alkyl carbamates (subject to hydrolysis) is 1. The molecule has 2 aromatic carbocycles. The van der Waals surface area contributed by atoms with Crippen LogP contribution in [0.5, 0.6) is 0 Å². The molecule has 2 rings (SSSR count). The van der Waals surface area contributed by atoms with Crippen LogP contribution >= 0.6 is 11.8 Å². The number of nitrogens with one attached hydrogen (secondary N) is 1. The zero-order valence-electron chi connectivity index (χ0n) is 19.9. The summed E-state index contributed by atoms with van der Waals surface area (Å²) in [4.78, 5) is 23.5. The Labute approximate surface area is 208 Å². The van der Waals surface area contributed by atoms with Crippen molar-refractivity contribution in [3.8, 4) is 0 Å². The van der Waals surface area contributed by atoms with Crippen molar-refractivity contribution in [2.24, 2.45) is 5.92 Å². The van der Waals surface area contributed by atoms with Crippen LogP contribution in [-0.2, 0) is 20.9 Å². The number of carbonyl (C=O) groups is 2. The van der Waals surface area contributed by atoms with E-state index in [0.29, 0.717) is 4.90 Å². The molecule has 5 nitrogen and oxygen atoms in total. The fourth-order valence-electron chi connectivity index (χ4n) is 3.34. The molecular formula is C26H30F3NO4S. The molecule has 0 aromatic heterocycles. The first-order valence-corrected chi connectivity index (χ1v) is 11.9. The van der Waals surface area contributed by atoms with Crippen molar-refractivity contribution in [3.63, 3.8) is 0 Å². The lowest BCUT2D eigenvalue weighted by Crippen LogP contribution is -2.54. The number of aryl methyl sites for hydroxylation is 1. The third kappa shape index (κ3) is 8.98. The zero-order valence-corrected chi connectivity index (χ0v) is 20.7. The second kappa shape index (κ2) is 12.7. The monoisotopic (exact) mass is 509 g/mol. The van der Waals surface area contributed by atoms with Crippen molar-refractivity contribution in [1.29, 1.82) is 0 Å². The number of amides is 1. The van der Waals surface area contributed by atoms with Gasteiger partial charge in [-0.1, -0.05) is 79.7 Å². The van der Waals surface area contributed by atoms with Crippen molar-refractivity contribution in [2.45, 2.75) is 62.3 Å². The number of halogens is 3. The van der Waals surface area contributed by atoms with E-state index in [4.69, 9.17) is 9.47 Å². The van der Waals surface area contributed by atoms with E-state index in [1.54, 1.807) is 48.5 Å². The molecule has 2 atom stereocenters. The predicted octanol–water partition coefficient (Wildman–Crippen LogP) is 6.81. The molecule has 0 aliphatic heterocycles.